The molecular weight excluding hydrogens is 312 g/mol. The highest BCUT2D eigenvalue weighted by Crippen LogP contribution is 2.24. The summed E-state index contributed by atoms with van der Waals surface area (Å²) in [4.78, 5) is 11.2. The second kappa shape index (κ2) is 6.14. The summed E-state index contributed by atoms with van der Waals surface area (Å²) in [6, 6.07) is 7.81. The molecule has 2 aromatic heterocycles. The van der Waals surface area contributed by atoms with Gasteiger partial charge in [-0.25, -0.2) is 14.6 Å². The highest BCUT2D eigenvalue weighted by atomic mass is 35.5. The summed E-state index contributed by atoms with van der Waals surface area (Å²) in [5.74, 6) is 0.960. The van der Waals surface area contributed by atoms with Gasteiger partial charge in [-0.05, 0) is 11.6 Å². The molecule has 1 saturated heterocycles. The minimum atomic E-state index is 0.598. The standard InChI is InChI=1S/C16H17ClN6/c17-14-4-2-1-3-12(14)10-23-16-13(9-21-23)15(19-11-20-16)22-7-5-18-6-8-22/h1-4,9,11,18H,5-8,10H2. The van der Waals surface area contributed by atoms with Crippen molar-refractivity contribution in [3.8, 4) is 0 Å². The van der Waals surface area contributed by atoms with E-state index in [1.165, 1.54) is 0 Å². The van der Waals surface area contributed by atoms with Gasteiger partial charge in [0.2, 0.25) is 0 Å². The Morgan fingerprint density at radius 2 is 1.96 bits per heavy atom. The predicted molar refractivity (Wildman–Crippen MR) is 91.0 cm³/mol. The van der Waals surface area contributed by atoms with Crippen LogP contribution in [0.5, 0.6) is 0 Å². The van der Waals surface area contributed by atoms with Gasteiger partial charge in [0.05, 0.1) is 18.1 Å². The first kappa shape index (κ1) is 14.4. The first-order valence-electron chi connectivity index (χ1n) is 7.68. The van der Waals surface area contributed by atoms with E-state index in [1.807, 2.05) is 35.1 Å². The summed E-state index contributed by atoms with van der Waals surface area (Å²) in [5, 5.41) is 9.59. The van der Waals surface area contributed by atoms with Crippen LogP contribution in [-0.2, 0) is 6.54 Å². The van der Waals surface area contributed by atoms with Gasteiger partial charge >= 0.3 is 0 Å². The highest BCUT2D eigenvalue weighted by molar-refractivity contribution is 6.31. The number of anilines is 1. The highest BCUT2D eigenvalue weighted by Gasteiger charge is 2.17. The zero-order valence-electron chi connectivity index (χ0n) is 12.6. The molecule has 0 aliphatic carbocycles. The van der Waals surface area contributed by atoms with Gasteiger partial charge < -0.3 is 10.2 Å². The minimum Gasteiger partial charge on any atom is -0.353 e. The smallest absolute Gasteiger partial charge is 0.163 e. The lowest BCUT2D eigenvalue weighted by Gasteiger charge is -2.28. The maximum atomic E-state index is 6.26. The SMILES string of the molecule is Clc1ccccc1Cn1ncc2c(N3CCNCC3)ncnc21. The fourth-order valence-electron chi connectivity index (χ4n) is 2.91. The van der Waals surface area contributed by atoms with Gasteiger partial charge in [-0.15, -0.1) is 0 Å². The summed E-state index contributed by atoms with van der Waals surface area (Å²) in [6.07, 6.45) is 3.47. The van der Waals surface area contributed by atoms with Crippen molar-refractivity contribution in [2.75, 3.05) is 31.1 Å². The first-order chi connectivity index (χ1) is 11.3. The fourth-order valence-corrected chi connectivity index (χ4v) is 3.11. The van der Waals surface area contributed by atoms with Crippen molar-refractivity contribution >= 4 is 28.5 Å². The largest absolute Gasteiger partial charge is 0.353 e. The Kier molecular flexibility index (Phi) is 3.85. The van der Waals surface area contributed by atoms with Gasteiger partial charge in [0, 0.05) is 31.2 Å². The van der Waals surface area contributed by atoms with Gasteiger partial charge in [-0.2, -0.15) is 5.10 Å². The van der Waals surface area contributed by atoms with Crippen LogP contribution in [0.4, 0.5) is 5.82 Å². The third kappa shape index (κ3) is 2.75. The molecule has 0 bridgehead atoms. The average molecular weight is 329 g/mol. The van der Waals surface area contributed by atoms with Crippen molar-refractivity contribution in [2.24, 2.45) is 0 Å². The van der Waals surface area contributed by atoms with Crippen LogP contribution in [0, 0.1) is 0 Å². The number of benzene rings is 1. The maximum Gasteiger partial charge on any atom is 0.163 e. The van der Waals surface area contributed by atoms with Crippen LogP contribution in [0.3, 0.4) is 0 Å². The van der Waals surface area contributed by atoms with E-state index in [9.17, 15) is 0 Å². The van der Waals surface area contributed by atoms with E-state index >= 15 is 0 Å². The number of hydrogen-bond acceptors (Lipinski definition) is 5. The topological polar surface area (TPSA) is 58.9 Å². The molecule has 6 nitrogen and oxygen atoms in total. The molecule has 4 rings (SSSR count). The van der Waals surface area contributed by atoms with Gasteiger partial charge in [-0.1, -0.05) is 29.8 Å². The Labute approximate surface area is 139 Å². The molecular formula is C16H17ClN6. The molecule has 3 aromatic rings. The Bertz CT molecular complexity index is 824. The second-order valence-electron chi connectivity index (χ2n) is 5.57. The number of rotatable bonds is 3. The number of aromatic nitrogens is 4. The van der Waals surface area contributed by atoms with Gasteiger partial charge in [-0.3, -0.25) is 0 Å². The summed E-state index contributed by atoms with van der Waals surface area (Å²) in [5.41, 5.74) is 1.87. The first-order valence-corrected chi connectivity index (χ1v) is 8.06. The molecule has 0 spiro atoms. The van der Waals surface area contributed by atoms with Gasteiger partial charge in [0.15, 0.2) is 5.65 Å². The van der Waals surface area contributed by atoms with Gasteiger partial charge in [0.1, 0.15) is 12.1 Å². The number of piperazine rings is 1. The lowest BCUT2D eigenvalue weighted by molar-refractivity contribution is 0.586. The quantitative estimate of drug-likeness (QED) is 0.796. The summed E-state index contributed by atoms with van der Waals surface area (Å²) in [6.45, 7) is 4.43. The van der Waals surface area contributed by atoms with Crippen LogP contribution in [-0.4, -0.2) is 45.9 Å². The lowest BCUT2D eigenvalue weighted by Crippen LogP contribution is -2.44. The van der Waals surface area contributed by atoms with Gasteiger partial charge in [0.25, 0.3) is 0 Å². The number of nitrogens with one attached hydrogen (secondary N) is 1. The molecule has 1 fully saturated rings. The van der Waals surface area contributed by atoms with Crippen LogP contribution in [0.1, 0.15) is 5.56 Å². The van der Waals surface area contributed by atoms with Crippen LogP contribution in [0.2, 0.25) is 5.02 Å². The normalized spacial score (nSPS) is 15.3. The third-order valence-electron chi connectivity index (χ3n) is 4.11. The second-order valence-corrected chi connectivity index (χ2v) is 5.97. The van der Waals surface area contributed by atoms with Crippen molar-refractivity contribution in [3.05, 3.63) is 47.4 Å². The fraction of sp³-hybridized carbons (Fsp3) is 0.312. The molecule has 0 atom stereocenters. The summed E-state index contributed by atoms with van der Waals surface area (Å²) in [7, 11) is 0. The molecule has 0 saturated carbocycles. The third-order valence-corrected chi connectivity index (χ3v) is 4.48. The monoisotopic (exact) mass is 328 g/mol. The van der Waals surface area contributed by atoms with Crippen LogP contribution >= 0.6 is 11.6 Å². The Balaban J connectivity index is 1.71. The van der Waals surface area contributed by atoms with Crippen molar-refractivity contribution in [3.63, 3.8) is 0 Å². The van der Waals surface area contributed by atoms with Crippen molar-refractivity contribution in [1.82, 2.24) is 25.1 Å². The molecule has 0 radical (unpaired) electrons. The number of halogens is 1. The van der Waals surface area contributed by atoms with E-state index in [-0.39, 0.29) is 0 Å². The summed E-state index contributed by atoms with van der Waals surface area (Å²) >= 11 is 6.26. The number of hydrogen-bond donors (Lipinski definition) is 1. The molecule has 0 unspecified atom stereocenters. The Hall–Kier alpha value is -2.18. The van der Waals surface area contributed by atoms with E-state index in [4.69, 9.17) is 11.6 Å². The Morgan fingerprint density at radius 1 is 1.13 bits per heavy atom. The van der Waals surface area contributed by atoms with E-state index in [0.29, 0.717) is 6.54 Å². The van der Waals surface area contributed by atoms with E-state index in [2.05, 4.69) is 25.3 Å². The molecule has 23 heavy (non-hydrogen) atoms. The van der Waals surface area contributed by atoms with E-state index < -0.39 is 0 Å². The number of fused-ring (bicyclic) bond motifs is 1. The van der Waals surface area contributed by atoms with Crippen LogP contribution in [0.25, 0.3) is 11.0 Å². The van der Waals surface area contributed by atoms with Crippen molar-refractivity contribution in [2.45, 2.75) is 6.54 Å². The molecule has 1 aliphatic rings. The predicted octanol–water partition coefficient (Wildman–Crippen LogP) is 1.94. The molecule has 0 amide bonds. The molecule has 118 valence electrons. The van der Waals surface area contributed by atoms with Crippen LogP contribution < -0.4 is 10.2 Å². The zero-order chi connectivity index (χ0) is 15.6. The van der Waals surface area contributed by atoms with E-state index in [0.717, 1.165) is 53.6 Å². The maximum absolute atomic E-state index is 6.26. The van der Waals surface area contributed by atoms with Crippen molar-refractivity contribution < 1.29 is 0 Å². The summed E-state index contributed by atoms with van der Waals surface area (Å²) < 4.78 is 1.88. The average Bonchev–Trinajstić information content (AvgIpc) is 3.01. The zero-order valence-corrected chi connectivity index (χ0v) is 13.4. The van der Waals surface area contributed by atoms with Crippen molar-refractivity contribution in [1.29, 1.82) is 0 Å². The minimum absolute atomic E-state index is 0.598. The molecule has 1 aromatic carbocycles. The molecule has 7 heteroatoms. The molecule has 1 aliphatic heterocycles. The molecule has 3 heterocycles. The molecule has 1 N–H and O–H groups in total. The van der Waals surface area contributed by atoms with E-state index in [1.54, 1.807) is 6.33 Å². The number of nitrogens with zero attached hydrogens (tertiary/aromatic N) is 5. The van der Waals surface area contributed by atoms with Crippen LogP contribution in [0.15, 0.2) is 36.8 Å². The Morgan fingerprint density at radius 3 is 2.78 bits per heavy atom. The lowest BCUT2D eigenvalue weighted by atomic mass is 10.2.